The van der Waals surface area contributed by atoms with Crippen molar-refractivity contribution in [2.24, 2.45) is 5.92 Å². The SMILES string of the molecule is C=C(C)CC(C)C(=O)NC(C)(CO)c1ccc(O)cc1. The van der Waals surface area contributed by atoms with E-state index in [9.17, 15) is 15.0 Å². The normalized spacial score (nSPS) is 15.2. The van der Waals surface area contributed by atoms with E-state index in [0.717, 1.165) is 11.1 Å². The molecule has 0 aliphatic carbocycles. The van der Waals surface area contributed by atoms with Gasteiger partial charge in [0.2, 0.25) is 5.91 Å². The smallest absolute Gasteiger partial charge is 0.223 e. The molecule has 0 heterocycles. The maximum atomic E-state index is 12.2. The number of phenols is 1. The van der Waals surface area contributed by atoms with Crippen LogP contribution in [-0.4, -0.2) is 22.7 Å². The van der Waals surface area contributed by atoms with Crippen LogP contribution < -0.4 is 5.32 Å². The van der Waals surface area contributed by atoms with E-state index in [1.165, 1.54) is 12.1 Å². The zero-order valence-corrected chi connectivity index (χ0v) is 12.3. The first-order chi connectivity index (χ1) is 9.28. The van der Waals surface area contributed by atoms with Crippen LogP contribution in [0.2, 0.25) is 0 Å². The number of hydrogen-bond acceptors (Lipinski definition) is 3. The second-order valence-corrected chi connectivity index (χ2v) is 5.59. The molecule has 0 aliphatic heterocycles. The molecule has 0 bridgehead atoms. The van der Waals surface area contributed by atoms with Crippen LogP contribution >= 0.6 is 0 Å². The van der Waals surface area contributed by atoms with Crippen molar-refractivity contribution in [1.82, 2.24) is 5.32 Å². The molecule has 4 nitrogen and oxygen atoms in total. The van der Waals surface area contributed by atoms with Gasteiger partial charge in [-0.3, -0.25) is 4.79 Å². The lowest BCUT2D eigenvalue weighted by atomic mass is 9.91. The van der Waals surface area contributed by atoms with Crippen molar-refractivity contribution in [1.29, 1.82) is 0 Å². The summed E-state index contributed by atoms with van der Waals surface area (Å²) >= 11 is 0. The molecule has 0 saturated carbocycles. The number of carbonyl (C=O) groups excluding carboxylic acids is 1. The summed E-state index contributed by atoms with van der Waals surface area (Å²) in [5, 5.41) is 21.8. The van der Waals surface area contributed by atoms with E-state index in [1.807, 2.05) is 13.8 Å². The molecule has 3 N–H and O–H groups in total. The molecule has 0 aliphatic rings. The minimum absolute atomic E-state index is 0.127. The largest absolute Gasteiger partial charge is 0.508 e. The van der Waals surface area contributed by atoms with Crippen LogP contribution in [0.5, 0.6) is 5.75 Å². The number of phenolic OH excluding ortho intramolecular Hbond substituents is 1. The fourth-order valence-electron chi connectivity index (χ4n) is 2.04. The van der Waals surface area contributed by atoms with Crippen LogP contribution in [0.15, 0.2) is 36.4 Å². The van der Waals surface area contributed by atoms with Crippen LogP contribution in [0.1, 0.15) is 32.8 Å². The molecular formula is C16H23NO3. The van der Waals surface area contributed by atoms with E-state index < -0.39 is 5.54 Å². The van der Waals surface area contributed by atoms with Gasteiger partial charge in [0.05, 0.1) is 12.1 Å². The number of hydrogen-bond donors (Lipinski definition) is 3. The molecule has 110 valence electrons. The van der Waals surface area contributed by atoms with Crippen LogP contribution in [0.3, 0.4) is 0 Å². The van der Waals surface area contributed by atoms with E-state index in [0.29, 0.717) is 6.42 Å². The molecule has 1 amide bonds. The van der Waals surface area contributed by atoms with E-state index in [4.69, 9.17) is 0 Å². The predicted octanol–water partition coefficient (Wildman–Crippen LogP) is 2.32. The van der Waals surface area contributed by atoms with Gasteiger partial charge in [0.1, 0.15) is 5.75 Å². The highest BCUT2D eigenvalue weighted by Crippen LogP contribution is 2.23. The molecule has 1 aromatic rings. The van der Waals surface area contributed by atoms with Crippen molar-refractivity contribution in [3.8, 4) is 5.75 Å². The summed E-state index contributed by atoms with van der Waals surface area (Å²) in [5.41, 5.74) is 0.824. The number of amides is 1. The third-order valence-corrected chi connectivity index (χ3v) is 3.32. The van der Waals surface area contributed by atoms with Crippen LogP contribution in [0.25, 0.3) is 0 Å². The van der Waals surface area contributed by atoms with Gasteiger partial charge in [0, 0.05) is 5.92 Å². The second-order valence-electron chi connectivity index (χ2n) is 5.59. The average Bonchev–Trinajstić information content (AvgIpc) is 2.38. The number of aromatic hydroxyl groups is 1. The lowest BCUT2D eigenvalue weighted by molar-refractivity contribution is -0.127. The Bertz CT molecular complexity index is 481. The van der Waals surface area contributed by atoms with Crippen LogP contribution in [0.4, 0.5) is 0 Å². The summed E-state index contributed by atoms with van der Waals surface area (Å²) in [7, 11) is 0. The number of carbonyl (C=O) groups is 1. The average molecular weight is 277 g/mol. The highest BCUT2D eigenvalue weighted by molar-refractivity contribution is 5.79. The van der Waals surface area contributed by atoms with E-state index >= 15 is 0 Å². The van der Waals surface area contributed by atoms with Crippen molar-refractivity contribution in [2.45, 2.75) is 32.7 Å². The van der Waals surface area contributed by atoms with Crippen LogP contribution in [0, 0.1) is 5.92 Å². The third kappa shape index (κ3) is 4.10. The summed E-state index contributed by atoms with van der Waals surface area (Å²) < 4.78 is 0. The first kappa shape index (κ1) is 16.2. The van der Waals surface area contributed by atoms with Gasteiger partial charge in [0.25, 0.3) is 0 Å². The number of benzene rings is 1. The van der Waals surface area contributed by atoms with Gasteiger partial charge in [-0.15, -0.1) is 6.58 Å². The highest BCUT2D eigenvalue weighted by Gasteiger charge is 2.29. The molecule has 4 heteroatoms. The molecule has 0 spiro atoms. The Morgan fingerprint density at radius 1 is 1.40 bits per heavy atom. The van der Waals surface area contributed by atoms with Crippen molar-refractivity contribution in [2.75, 3.05) is 6.61 Å². The Labute approximate surface area is 120 Å². The van der Waals surface area contributed by atoms with Crippen LogP contribution in [-0.2, 0) is 10.3 Å². The molecule has 0 radical (unpaired) electrons. The van der Waals surface area contributed by atoms with Gasteiger partial charge in [-0.1, -0.05) is 24.6 Å². The van der Waals surface area contributed by atoms with E-state index in [1.54, 1.807) is 19.1 Å². The van der Waals surface area contributed by atoms with Gasteiger partial charge in [0.15, 0.2) is 0 Å². The first-order valence-electron chi connectivity index (χ1n) is 6.65. The Balaban J connectivity index is 2.86. The Morgan fingerprint density at radius 3 is 2.40 bits per heavy atom. The molecule has 2 unspecified atom stereocenters. The summed E-state index contributed by atoms with van der Waals surface area (Å²) in [6, 6.07) is 6.45. The van der Waals surface area contributed by atoms with Gasteiger partial charge in [-0.2, -0.15) is 0 Å². The predicted molar refractivity (Wildman–Crippen MR) is 79.3 cm³/mol. The molecule has 1 rings (SSSR count). The zero-order valence-electron chi connectivity index (χ0n) is 12.3. The van der Waals surface area contributed by atoms with Crippen molar-refractivity contribution < 1.29 is 15.0 Å². The summed E-state index contributed by atoms with van der Waals surface area (Å²) in [6.07, 6.45) is 0.614. The first-order valence-corrected chi connectivity index (χ1v) is 6.65. The Morgan fingerprint density at radius 2 is 1.95 bits per heavy atom. The summed E-state index contributed by atoms with van der Waals surface area (Å²) in [5.74, 6) is -0.177. The van der Waals surface area contributed by atoms with Gasteiger partial charge in [-0.05, 0) is 38.0 Å². The monoisotopic (exact) mass is 277 g/mol. The number of rotatable bonds is 6. The fraction of sp³-hybridized carbons (Fsp3) is 0.438. The molecule has 20 heavy (non-hydrogen) atoms. The highest BCUT2D eigenvalue weighted by atomic mass is 16.3. The molecule has 1 aromatic carbocycles. The lowest BCUT2D eigenvalue weighted by Gasteiger charge is -2.30. The standard InChI is InChI=1S/C16H23NO3/c1-11(2)9-12(3)15(20)17-16(4,10-18)13-5-7-14(19)8-6-13/h5-8,12,18-19H,1,9-10H2,2-4H3,(H,17,20). The zero-order chi connectivity index (χ0) is 15.3. The van der Waals surface area contributed by atoms with Gasteiger partial charge < -0.3 is 15.5 Å². The van der Waals surface area contributed by atoms with E-state index in [-0.39, 0.29) is 24.2 Å². The summed E-state index contributed by atoms with van der Waals surface area (Å²) in [4.78, 5) is 12.2. The third-order valence-electron chi connectivity index (χ3n) is 3.32. The van der Waals surface area contributed by atoms with E-state index in [2.05, 4.69) is 11.9 Å². The number of aliphatic hydroxyl groups is 1. The van der Waals surface area contributed by atoms with Crippen molar-refractivity contribution >= 4 is 5.91 Å². The fourth-order valence-corrected chi connectivity index (χ4v) is 2.04. The van der Waals surface area contributed by atoms with Crippen molar-refractivity contribution in [3.63, 3.8) is 0 Å². The lowest BCUT2D eigenvalue weighted by Crippen LogP contribution is -2.48. The second kappa shape index (κ2) is 6.57. The maximum Gasteiger partial charge on any atom is 0.223 e. The Hall–Kier alpha value is -1.81. The maximum absolute atomic E-state index is 12.2. The van der Waals surface area contributed by atoms with Crippen molar-refractivity contribution in [3.05, 3.63) is 42.0 Å². The van der Waals surface area contributed by atoms with Gasteiger partial charge in [-0.25, -0.2) is 0 Å². The Kier molecular flexibility index (Phi) is 5.34. The summed E-state index contributed by atoms with van der Waals surface area (Å²) in [6.45, 7) is 9.06. The minimum Gasteiger partial charge on any atom is -0.508 e. The molecule has 0 fully saturated rings. The number of allylic oxidation sites excluding steroid dienone is 1. The number of aliphatic hydroxyl groups excluding tert-OH is 1. The topological polar surface area (TPSA) is 69.6 Å². The minimum atomic E-state index is -0.867. The molecular weight excluding hydrogens is 254 g/mol. The molecule has 0 aromatic heterocycles. The molecule has 2 atom stereocenters. The van der Waals surface area contributed by atoms with Gasteiger partial charge >= 0.3 is 0 Å². The number of nitrogens with one attached hydrogen (secondary N) is 1. The quantitative estimate of drug-likeness (QED) is 0.699. The molecule has 0 saturated heterocycles.